The van der Waals surface area contributed by atoms with Gasteiger partial charge in [0.2, 0.25) is 10.0 Å². The molecule has 0 unspecified atom stereocenters. The van der Waals surface area contributed by atoms with E-state index < -0.39 is 10.0 Å². The van der Waals surface area contributed by atoms with Crippen molar-refractivity contribution >= 4 is 10.0 Å². The van der Waals surface area contributed by atoms with Gasteiger partial charge in [0.1, 0.15) is 12.4 Å². The number of sulfonamides is 1. The fourth-order valence-corrected chi connectivity index (χ4v) is 3.66. The van der Waals surface area contributed by atoms with E-state index in [2.05, 4.69) is 11.8 Å². The van der Waals surface area contributed by atoms with E-state index in [0.717, 1.165) is 5.56 Å². The Morgan fingerprint density at radius 1 is 1.45 bits per heavy atom. The number of nitrogens with zero attached hydrogens (tertiary/aromatic N) is 1. The van der Waals surface area contributed by atoms with E-state index in [0.29, 0.717) is 30.8 Å². The molecule has 0 bridgehead atoms. The second-order valence-electron chi connectivity index (χ2n) is 4.50. The van der Waals surface area contributed by atoms with E-state index in [1.807, 2.05) is 6.07 Å². The van der Waals surface area contributed by atoms with Gasteiger partial charge in [0.05, 0.1) is 18.4 Å². The van der Waals surface area contributed by atoms with Gasteiger partial charge in [0.25, 0.3) is 0 Å². The Morgan fingerprint density at radius 3 is 2.85 bits per heavy atom. The van der Waals surface area contributed by atoms with Gasteiger partial charge in [-0.1, -0.05) is 17.9 Å². The highest BCUT2D eigenvalue weighted by Crippen LogP contribution is 2.22. The largest absolute Gasteiger partial charge is 0.495 e. The fourth-order valence-electron chi connectivity index (χ4n) is 2.16. The summed E-state index contributed by atoms with van der Waals surface area (Å²) in [6.07, 6.45) is 0.676. The van der Waals surface area contributed by atoms with Crippen molar-refractivity contribution in [2.75, 3.05) is 26.0 Å². The van der Waals surface area contributed by atoms with Crippen LogP contribution in [0.5, 0.6) is 5.75 Å². The SMILES string of the molecule is COc1ccc(CN2CCCS2(=O)=O)cc1C#CCO. The number of methoxy groups -OCH3 is 1. The standard InChI is InChI=1S/C14H17NO4S/c1-19-14-6-5-12(10-13(14)4-2-8-16)11-15-7-3-9-20(15,17)18/h5-6,10,16H,3,7-9,11H2,1H3. The maximum Gasteiger partial charge on any atom is 0.214 e. The fraction of sp³-hybridized carbons (Fsp3) is 0.429. The molecule has 1 aromatic rings. The lowest BCUT2D eigenvalue weighted by atomic mass is 10.1. The number of aliphatic hydroxyl groups excluding tert-OH is 1. The third kappa shape index (κ3) is 3.31. The zero-order valence-corrected chi connectivity index (χ0v) is 12.1. The average molecular weight is 295 g/mol. The van der Waals surface area contributed by atoms with Crippen LogP contribution in [-0.2, 0) is 16.6 Å². The Bertz CT molecular complexity index is 643. The molecule has 6 heteroatoms. The predicted molar refractivity (Wildman–Crippen MR) is 75.8 cm³/mol. The second kappa shape index (κ2) is 6.27. The summed E-state index contributed by atoms with van der Waals surface area (Å²) in [5, 5.41) is 8.76. The van der Waals surface area contributed by atoms with E-state index in [1.165, 1.54) is 4.31 Å². The molecule has 0 aliphatic carbocycles. The van der Waals surface area contributed by atoms with Gasteiger partial charge >= 0.3 is 0 Å². The monoisotopic (exact) mass is 295 g/mol. The minimum atomic E-state index is -3.10. The van der Waals surface area contributed by atoms with Crippen molar-refractivity contribution in [1.29, 1.82) is 0 Å². The summed E-state index contributed by atoms with van der Waals surface area (Å²) in [6.45, 7) is 0.681. The zero-order chi connectivity index (χ0) is 14.6. The molecule has 1 aliphatic rings. The predicted octanol–water partition coefficient (Wildman–Crippen LogP) is 0.575. The van der Waals surface area contributed by atoms with Crippen LogP contribution in [0.2, 0.25) is 0 Å². The molecule has 1 N–H and O–H groups in total. The van der Waals surface area contributed by atoms with Crippen LogP contribution < -0.4 is 4.74 Å². The van der Waals surface area contributed by atoms with Crippen molar-refractivity contribution in [3.05, 3.63) is 29.3 Å². The topological polar surface area (TPSA) is 66.8 Å². The van der Waals surface area contributed by atoms with Gasteiger partial charge in [-0.25, -0.2) is 8.42 Å². The van der Waals surface area contributed by atoms with E-state index in [-0.39, 0.29) is 12.4 Å². The number of ether oxygens (including phenoxy) is 1. The first-order valence-corrected chi connectivity index (χ1v) is 7.92. The number of benzene rings is 1. The van der Waals surface area contributed by atoms with Crippen LogP contribution in [-0.4, -0.2) is 43.8 Å². The normalized spacial score (nSPS) is 17.5. The average Bonchev–Trinajstić information content (AvgIpc) is 2.76. The highest BCUT2D eigenvalue weighted by Gasteiger charge is 2.28. The number of hydrogen-bond acceptors (Lipinski definition) is 4. The maximum atomic E-state index is 11.8. The molecule has 0 amide bonds. The number of aliphatic hydroxyl groups is 1. The molecule has 0 radical (unpaired) electrons. The van der Waals surface area contributed by atoms with Crippen molar-refractivity contribution < 1.29 is 18.3 Å². The molecule has 0 aromatic heterocycles. The molecule has 5 nitrogen and oxygen atoms in total. The van der Waals surface area contributed by atoms with E-state index in [9.17, 15) is 8.42 Å². The van der Waals surface area contributed by atoms with Gasteiger partial charge in [-0.05, 0) is 24.1 Å². The van der Waals surface area contributed by atoms with Gasteiger partial charge in [-0.3, -0.25) is 0 Å². The Kier molecular flexibility index (Phi) is 4.65. The first kappa shape index (κ1) is 14.9. The van der Waals surface area contributed by atoms with Crippen LogP contribution in [0.1, 0.15) is 17.5 Å². The highest BCUT2D eigenvalue weighted by molar-refractivity contribution is 7.89. The van der Waals surface area contributed by atoms with Crippen LogP contribution in [0, 0.1) is 11.8 Å². The van der Waals surface area contributed by atoms with Crippen molar-refractivity contribution in [3.8, 4) is 17.6 Å². The summed E-state index contributed by atoms with van der Waals surface area (Å²) in [6, 6.07) is 5.39. The van der Waals surface area contributed by atoms with Gasteiger partial charge in [0.15, 0.2) is 0 Å². The third-order valence-corrected chi connectivity index (χ3v) is 5.03. The Morgan fingerprint density at radius 2 is 2.25 bits per heavy atom. The highest BCUT2D eigenvalue weighted by atomic mass is 32.2. The second-order valence-corrected chi connectivity index (χ2v) is 6.59. The van der Waals surface area contributed by atoms with Crippen molar-refractivity contribution in [2.24, 2.45) is 0 Å². The molecule has 0 saturated carbocycles. The lowest BCUT2D eigenvalue weighted by Crippen LogP contribution is -2.25. The third-order valence-electron chi connectivity index (χ3n) is 3.13. The van der Waals surface area contributed by atoms with Crippen LogP contribution in [0.3, 0.4) is 0 Å². The van der Waals surface area contributed by atoms with Gasteiger partial charge in [-0.15, -0.1) is 0 Å². The van der Waals surface area contributed by atoms with Crippen LogP contribution in [0.25, 0.3) is 0 Å². The smallest absolute Gasteiger partial charge is 0.214 e. The molecule has 2 rings (SSSR count). The van der Waals surface area contributed by atoms with Crippen molar-refractivity contribution in [2.45, 2.75) is 13.0 Å². The molecule has 0 spiro atoms. The molecule has 1 heterocycles. The summed E-state index contributed by atoms with van der Waals surface area (Å²) < 4.78 is 30.2. The summed E-state index contributed by atoms with van der Waals surface area (Å²) in [4.78, 5) is 0. The molecular formula is C14H17NO4S. The Hall–Kier alpha value is -1.55. The first-order chi connectivity index (χ1) is 9.56. The number of rotatable bonds is 3. The zero-order valence-electron chi connectivity index (χ0n) is 11.3. The molecule has 1 saturated heterocycles. The molecule has 108 valence electrons. The minimum absolute atomic E-state index is 0.223. The first-order valence-electron chi connectivity index (χ1n) is 6.31. The molecule has 1 aromatic carbocycles. The molecular weight excluding hydrogens is 278 g/mol. The van der Waals surface area contributed by atoms with E-state index >= 15 is 0 Å². The summed E-state index contributed by atoms with van der Waals surface area (Å²) in [7, 11) is -1.56. The lowest BCUT2D eigenvalue weighted by molar-refractivity contribution is 0.350. The molecule has 1 aliphatic heterocycles. The maximum absolute atomic E-state index is 11.8. The van der Waals surface area contributed by atoms with Crippen molar-refractivity contribution in [1.82, 2.24) is 4.31 Å². The van der Waals surface area contributed by atoms with Gasteiger partial charge < -0.3 is 9.84 Å². The van der Waals surface area contributed by atoms with E-state index in [4.69, 9.17) is 9.84 Å². The summed E-state index contributed by atoms with van der Waals surface area (Å²) in [5.41, 5.74) is 1.51. The Labute approximate surface area is 119 Å². The molecule has 1 fully saturated rings. The van der Waals surface area contributed by atoms with Gasteiger partial charge in [-0.2, -0.15) is 4.31 Å². The van der Waals surface area contributed by atoms with Crippen LogP contribution in [0.4, 0.5) is 0 Å². The van der Waals surface area contributed by atoms with Gasteiger partial charge in [0, 0.05) is 13.1 Å². The van der Waals surface area contributed by atoms with Crippen LogP contribution in [0.15, 0.2) is 18.2 Å². The molecule has 0 atom stereocenters. The van der Waals surface area contributed by atoms with Crippen molar-refractivity contribution in [3.63, 3.8) is 0 Å². The van der Waals surface area contributed by atoms with Crippen LogP contribution >= 0.6 is 0 Å². The summed E-state index contributed by atoms with van der Waals surface area (Å²) >= 11 is 0. The quantitative estimate of drug-likeness (QED) is 0.828. The lowest BCUT2D eigenvalue weighted by Gasteiger charge is -2.15. The van der Waals surface area contributed by atoms with E-state index in [1.54, 1.807) is 19.2 Å². The number of hydrogen-bond donors (Lipinski definition) is 1. The summed E-state index contributed by atoms with van der Waals surface area (Å²) in [5.74, 6) is 6.21. The minimum Gasteiger partial charge on any atom is -0.495 e. The molecule has 20 heavy (non-hydrogen) atoms. The Balaban J connectivity index is 2.25.